The summed E-state index contributed by atoms with van der Waals surface area (Å²) in [6, 6.07) is 5.41. The van der Waals surface area contributed by atoms with Gasteiger partial charge in [0, 0.05) is 5.56 Å². The molecule has 6 nitrogen and oxygen atoms in total. The highest BCUT2D eigenvalue weighted by Gasteiger charge is 2.41. The van der Waals surface area contributed by atoms with Gasteiger partial charge in [0.05, 0.1) is 24.6 Å². The summed E-state index contributed by atoms with van der Waals surface area (Å²) in [7, 11) is 1.58. The topological polar surface area (TPSA) is 84.9 Å². The summed E-state index contributed by atoms with van der Waals surface area (Å²) in [6.45, 7) is 0.175. The van der Waals surface area contributed by atoms with Crippen LogP contribution in [0.3, 0.4) is 0 Å². The summed E-state index contributed by atoms with van der Waals surface area (Å²) >= 11 is 0. The fourth-order valence-electron chi connectivity index (χ4n) is 2.97. The zero-order chi connectivity index (χ0) is 16.4. The quantitative estimate of drug-likeness (QED) is 0.867. The van der Waals surface area contributed by atoms with Gasteiger partial charge in [0.1, 0.15) is 18.1 Å². The zero-order valence-electron chi connectivity index (χ0n) is 12.9. The van der Waals surface area contributed by atoms with Crippen LogP contribution in [-0.2, 0) is 9.59 Å². The Balaban J connectivity index is 1.77. The number of carboxylic acids is 1. The van der Waals surface area contributed by atoms with E-state index >= 15 is 0 Å². The molecule has 1 aliphatic heterocycles. The van der Waals surface area contributed by atoms with Crippen LogP contribution in [0.25, 0.3) is 6.08 Å². The predicted octanol–water partition coefficient (Wildman–Crippen LogP) is 1.98. The number of ether oxygens (including phenoxy) is 2. The van der Waals surface area contributed by atoms with Crippen molar-refractivity contribution in [3.05, 3.63) is 29.3 Å². The molecule has 1 aliphatic carbocycles. The Morgan fingerprint density at radius 3 is 2.78 bits per heavy atom. The van der Waals surface area contributed by atoms with Crippen LogP contribution in [0, 0.1) is 0 Å². The molecule has 0 aromatic heterocycles. The van der Waals surface area contributed by atoms with E-state index in [1.54, 1.807) is 31.4 Å². The Kier molecular flexibility index (Phi) is 3.98. The number of carbonyl (C=O) groups is 2. The van der Waals surface area contributed by atoms with E-state index in [-0.39, 0.29) is 18.9 Å². The van der Waals surface area contributed by atoms with Crippen molar-refractivity contribution in [2.24, 2.45) is 0 Å². The molecule has 1 aromatic carbocycles. The molecule has 2 N–H and O–H groups in total. The average molecular weight is 317 g/mol. The molecule has 0 radical (unpaired) electrons. The number of aliphatic carboxylic acids is 1. The van der Waals surface area contributed by atoms with E-state index in [1.165, 1.54) is 0 Å². The molecule has 0 atom stereocenters. The van der Waals surface area contributed by atoms with Crippen molar-refractivity contribution >= 4 is 18.0 Å². The lowest BCUT2D eigenvalue weighted by Crippen LogP contribution is -2.55. The van der Waals surface area contributed by atoms with Crippen LogP contribution in [0.5, 0.6) is 11.5 Å². The van der Waals surface area contributed by atoms with Crippen molar-refractivity contribution in [3.63, 3.8) is 0 Å². The molecule has 0 spiro atoms. The van der Waals surface area contributed by atoms with E-state index in [9.17, 15) is 9.59 Å². The number of benzene rings is 1. The fourth-order valence-corrected chi connectivity index (χ4v) is 2.97. The molecule has 0 saturated heterocycles. The minimum Gasteiger partial charge on any atom is -0.497 e. The molecule has 0 bridgehead atoms. The van der Waals surface area contributed by atoms with Crippen LogP contribution in [0.2, 0.25) is 0 Å². The first-order valence-electron chi connectivity index (χ1n) is 7.57. The van der Waals surface area contributed by atoms with Gasteiger partial charge in [0.15, 0.2) is 0 Å². The molecule has 6 heteroatoms. The Bertz CT molecular complexity index is 676. The van der Waals surface area contributed by atoms with Gasteiger partial charge < -0.3 is 19.9 Å². The van der Waals surface area contributed by atoms with E-state index in [0.717, 1.165) is 12.0 Å². The van der Waals surface area contributed by atoms with Crippen molar-refractivity contribution in [2.75, 3.05) is 13.7 Å². The largest absolute Gasteiger partial charge is 0.497 e. The molecule has 23 heavy (non-hydrogen) atoms. The molecular weight excluding hydrogens is 298 g/mol. The summed E-state index contributed by atoms with van der Waals surface area (Å²) in [4.78, 5) is 23.5. The third kappa shape index (κ3) is 3.16. The number of carboxylic acid groups (broad SMARTS) is 1. The maximum Gasteiger partial charge on any atom is 0.305 e. The van der Waals surface area contributed by atoms with Gasteiger partial charge in [-0.1, -0.05) is 0 Å². The third-order valence-corrected chi connectivity index (χ3v) is 4.40. The smallest absolute Gasteiger partial charge is 0.305 e. The monoisotopic (exact) mass is 317 g/mol. The van der Waals surface area contributed by atoms with E-state index in [1.807, 2.05) is 0 Å². The van der Waals surface area contributed by atoms with Gasteiger partial charge in [0.2, 0.25) is 0 Å². The highest BCUT2D eigenvalue weighted by molar-refractivity contribution is 5.99. The molecule has 1 aromatic rings. The first-order valence-corrected chi connectivity index (χ1v) is 7.57. The zero-order valence-corrected chi connectivity index (χ0v) is 12.9. The highest BCUT2D eigenvalue weighted by atomic mass is 16.5. The van der Waals surface area contributed by atoms with Crippen molar-refractivity contribution in [1.29, 1.82) is 0 Å². The minimum absolute atomic E-state index is 0.0444. The van der Waals surface area contributed by atoms with Crippen LogP contribution in [-0.4, -0.2) is 36.2 Å². The van der Waals surface area contributed by atoms with Crippen molar-refractivity contribution < 1.29 is 24.2 Å². The molecule has 1 saturated carbocycles. The van der Waals surface area contributed by atoms with Gasteiger partial charge in [-0.05, 0) is 43.5 Å². The molecular formula is C17H19NO5. The molecule has 2 aliphatic rings. The van der Waals surface area contributed by atoms with E-state index in [4.69, 9.17) is 14.6 Å². The van der Waals surface area contributed by atoms with E-state index < -0.39 is 11.5 Å². The lowest BCUT2D eigenvalue weighted by atomic mass is 9.74. The molecule has 1 heterocycles. The maximum atomic E-state index is 12.5. The fraction of sp³-hybridized carbons (Fsp3) is 0.412. The number of amides is 1. The first-order chi connectivity index (χ1) is 11.0. The number of fused-ring (bicyclic) bond motifs is 1. The lowest BCUT2D eigenvalue weighted by molar-refractivity contribution is -0.140. The molecule has 0 unspecified atom stereocenters. The average Bonchev–Trinajstić information content (AvgIpc) is 2.51. The summed E-state index contributed by atoms with van der Waals surface area (Å²) in [5.41, 5.74) is 0.655. The number of hydrogen-bond donors (Lipinski definition) is 2. The number of hydrogen-bond acceptors (Lipinski definition) is 4. The Morgan fingerprint density at radius 2 is 2.17 bits per heavy atom. The standard InChI is InChI=1S/C17H19NO5/c1-22-13-3-4-14-11(8-13)7-12(10-23-14)16(21)18-17(5-2-6-17)9-15(19)20/h3-4,7-8H,2,5-6,9-10H2,1H3,(H,18,21)(H,19,20). The van der Waals surface area contributed by atoms with Crippen LogP contribution < -0.4 is 14.8 Å². The molecule has 1 fully saturated rings. The second-order valence-corrected chi connectivity index (χ2v) is 6.02. The number of methoxy groups -OCH3 is 1. The highest BCUT2D eigenvalue weighted by Crippen LogP contribution is 2.36. The summed E-state index contributed by atoms with van der Waals surface area (Å²) < 4.78 is 10.8. The minimum atomic E-state index is -0.894. The Morgan fingerprint density at radius 1 is 1.39 bits per heavy atom. The number of nitrogens with one attached hydrogen (secondary N) is 1. The third-order valence-electron chi connectivity index (χ3n) is 4.40. The summed E-state index contributed by atoms with van der Waals surface area (Å²) in [6.07, 6.45) is 4.05. The number of carbonyl (C=O) groups excluding carboxylic acids is 1. The molecule has 3 rings (SSSR count). The van der Waals surface area contributed by atoms with Crippen molar-refractivity contribution in [1.82, 2.24) is 5.32 Å². The van der Waals surface area contributed by atoms with Crippen molar-refractivity contribution in [2.45, 2.75) is 31.2 Å². The van der Waals surface area contributed by atoms with Gasteiger partial charge in [-0.3, -0.25) is 9.59 Å². The summed E-state index contributed by atoms with van der Waals surface area (Å²) in [5.74, 6) is 0.228. The molecule has 122 valence electrons. The van der Waals surface area contributed by atoms with Gasteiger partial charge in [0.25, 0.3) is 5.91 Å². The normalized spacial score (nSPS) is 17.9. The van der Waals surface area contributed by atoms with Gasteiger partial charge in [-0.25, -0.2) is 0 Å². The predicted molar refractivity (Wildman–Crippen MR) is 83.4 cm³/mol. The second-order valence-electron chi connectivity index (χ2n) is 6.02. The van der Waals surface area contributed by atoms with Gasteiger partial charge in [-0.15, -0.1) is 0 Å². The Hall–Kier alpha value is -2.50. The van der Waals surface area contributed by atoms with Gasteiger partial charge in [-0.2, -0.15) is 0 Å². The number of rotatable bonds is 5. The first kappa shape index (κ1) is 15.4. The van der Waals surface area contributed by atoms with Crippen LogP contribution >= 0.6 is 0 Å². The maximum absolute atomic E-state index is 12.5. The van der Waals surface area contributed by atoms with Crippen LogP contribution in [0.4, 0.5) is 0 Å². The SMILES string of the molecule is COc1ccc2c(c1)C=C(C(=O)NC1(CC(=O)O)CCC1)CO2. The van der Waals surface area contributed by atoms with Gasteiger partial charge >= 0.3 is 5.97 Å². The van der Waals surface area contributed by atoms with Crippen molar-refractivity contribution in [3.8, 4) is 11.5 Å². The van der Waals surface area contributed by atoms with E-state index in [0.29, 0.717) is 29.9 Å². The lowest BCUT2D eigenvalue weighted by Gasteiger charge is -2.41. The van der Waals surface area contributed by atoms with E-state index in [2.05, 4.69) is 5.32 Å². The molecule has 1 amide bonds. The summed E-state index contributed by atoms with van der Waals surface area (Å²) in [5, 5.41) is 11.9. The van der Waals surface area contributed by atoms with Crippen LogP contribution in [0.1, 0.15) is 31.2 Å². The second kappa shape index (κ2) is 5.95. The van der Waals surface area contributed by atoms with Crippen LogP contribution in [0.15, 0.2) is 23.8 Å². The Labute approximate surface area is 134 Å².